The van der Waals surface area contributed by atoms with E-state index in [-0.39, 0.29) is 23.5 Å². The van der Waals surface area contributed by atoms with Crippen molar-refractivity contribution in [1.29, 1.82) is 0 Å². The third-order valence-electron chi connectivity index (χ3n) is 5.56. The van der Waals surface area contributed by atoms with E-state index in [0.717, 1.165) is 11.1 Å². The first-order chi connectivity index (χ1) is 14.1. The summed E-state index contributed by atoms with van der Waals surface area (Å²) < 4.78 is 13.6. The lowest BCUT2D eigenvalue weighted by atomic mass is 9.86. The van der Waals surface area contributed by atoms with E-state index >= 15 is 0 Å². The molecule has 2 amide bonds. The number of halogens is 1. The Balaban J connectivity index is 2.15. The minimum atomic E-state index is -0.746. The van der Waals surface area contributed by atoms with E-state index in [2.05, 4.69) is 0 Å². The van der Waals surface area contributed by atoms with Crippen LogP contribution in [0.2, 0.25) is 0 Å². The van der Waals surface area contributed by atoms with Crippen LogP contribution in [0.25, 0.3) is 0 Å². The van der Waals surface area contributed by atoms with Gasteiger partial charge in [-0.25, -0.2) is 14.4 Å². The molecule has 0 spiro atoms. The van der Waals surface area contributed by atoms with Crippen LogP contribution in [-0.4, -0.2) is 33.4 Å². The fraction of sp³-hybridized carbons (Fsp3) is 0.417. The monoisotopic (exact) mass is 411 g/mol. The Morgan fingerprint density at radius 2 is 1.63 bits per heavy atom. The summed E-state index contributed by atoms with van der Waals surface area (Å²) in [5.74, 6) is -0.860. The van der Waals surface area contributed by atoms with E-state index in [1.807, 2.05) is 51.1 Å². The Kier molecular flexibility index (Phi) is 6.27. The maximum atomic E-state index is 13.6. The van der Waals surface area contributed by atoms with Crippen molar-refractivity contribution < 1.29 is 14.0 Å². The maximum absolute atomic E-state index is 13.6. The lowest BCUT2D eigenvalue weighted by Gasteiger charge is -2.46. The number of nitrogens with two attached hydrogens (primary N) is 1. The van der Waals surface area contributed by atoms with Gasteiger partial charge < -0.3 is 5.73 Å². The molecule has 0 aromatic heterocycles. The zero-order chi connectivity index (χ0) is 22.1. The van der Waals surface area contributed by atoms with Gasteiger partial charge in [0, 0.05) is 6.92 Å². The molecule has 3 unspecified atom stereocenters. The molecule has 0 saturated carbocycles. The van der Waals surface area contributed by atoms with E-state index in [9.17, 15) is 14.0 Å². The fourth-order valence-corrected chi connectivity index (χ4v) is 4.34. The van der Waals surface area contributed by atoms with Gasteiger partial charge in [-0.1, -0.05) is 42.5 Å². The SMILES string of the molecule is CC(=O)N(N1C(=O)C(N)CC(c2ccccc2)CC1c1ccc(F)cc1)C(C)(C)C. The number of hydrogen-bond donors (Lipinski definition) is 1. The van der Waals surface area contributed by atoms with Crippen LogP contribution in [0.4, 0.5) is 4.39 Å². The van der Waals surface area contributed by atoms with Crippen molar-refractivity contribution in [2.24, 2.45) is 5.73 Å². The topological polar surface area (TPSA) is 66.6 Å². The summed E-state index contributed by atoms with van der Waals surface area (Å²) in [5.41, 5.74) is 7.59. The minimum absolute atomic E-state index is 0.0268. The molecular formula is C24H30FN3O2. The van der Waals surface area contributed by atoms with E-state index < -0.39 is 17.6 Å². The van der Waals surface area contributed by atoms with Gasteiger partial charge >= 0.3 is 0 Å². The molecule has 0 radical (unpaired) electrons. The minimum Gasteiger partial charge on any atom is -0.320 e. The number of hydrazine groups is 1. The number of carbonyl (C=O) groups excluding carboxylic acids is 2. The van der Waals surface area contributed by atoms with Gasteiger partial charge in [0.1, 0.15) is 5.82 Å². The number of amides is 2. The summed E-state index contributed by atoms with van der Waals surface area (Å²) in [6, 6.07) is 14.9. The summed E-state index contributed by atoms with van der Waals surface area (Å²) in [5, 5.41) is 3.01. The highest BCUT2D eigenvalue weighted by molar-refractivity contribution is 5.86. The molecule has 30 heavy (non-hydrogen) atoms. The van der Waals surface area contributed by atoms with Crippen LogP contribution >= 0.6 is 0 Å². The Bertz CT molecular complexity index is 893. The fourth-order valence-electron chi connectivity index (χ4n) is 4.34. The molecule has 1 saturated heterocycles. The van der Waals surface area contributed by atoms with Gasteiger partial charge in [0.2, 0.25) is 5.91 Å². The highest BCUT2D eigenvalue weighted by Crippen LogP contribution is 2.40. The van der Waals surface area contributed by atoms with Crippen LogP contribution in [0.5, 0.6) is 0 Å². The molecule has 6 heteroatoms. The predicted molar refractivity (Wildman–Crippen MR) is 115 cm³/mol. The molecule has 2 N–H and O–H groups in total. The van der Waals surface area contributed by atoms with Crippen LogP contribution in [0.1, 0.15) is 63.6 Å². The Morgan fingerprint density at radius 3 is 2.17 bits per heavy atom. The summed E-state index contributed by atoms with van der Waals surface area (Å²) in [7, 11) is 0. The molecule has 0 bridgehead atoms. The standard InChI is InChI=1S/C24H30FN3O2/c1-16(29)28(24(2,3)4)27-22(18-10-12-20(25)13-11-18)15-19(14-21(26)23(27)30)17-8-6-5-7-9-17/h5-13,19,21-22H,14-15,26H2,1-4H3. The lowest BCUT2D eigenvalue weighted by Crippen LogP contribution is -2.60. The molecule has 3 rings (SSSR count). The number of benzene rings is 2. The van der Waals surface area contributed by atoms with Crippen molar-refractivity contribution in [2.75, 3.05) is 0 Å². The van der Waals surface area contributed by atoms with Crippen LogP contribution in [-0.2, 0) is 9.59 Å². The summed E-state index contributed by atoms with van der Waals surface area (Å²) in [4.78, 5) is 26.2. The zero-order valence-corrected chi connectivity index (χ0v) is 18.0. The Labute approximate surface area is 177 Å². The summed E-state index contributed by atoms with van der Waals surface area (Å²) in [6.07, 6.45) is 1.06. The molecule has 2 aromatic carbocycles. The quantitative estimate of drug-likeness (QED) is 0.825. The Morgan fingerprint density at radius 1 is 1.03 bits per heavy atom. The summed E-state index contributed by atoms with van der Waals surface area (Å²) >= 11 is 0. The van der Waals surface area contributed by atoms with Crippen molar-refractivity contribution in [3.8, 4) is 0 Å². The van der Waals surface area contributed by atoms with Gasteiger partial charge in [0.05, 0.1) is 17.6 Å². The second-order valence-electron chi connectivity index (χ2n) is 8.94. The molecule has 5 nitrogen and oxygen atoms in total. The second kappa shape index (κ2) is 8.56. The molecule has 3 atom stereocenters. The molecular weight excluding hydrogens is 381 g/mol. The molecule has 2 aromatic rings. The van der Waals surface area contributed by atoms with Gasteiger partial charge in [-0.3, -0.25) is 9.59 Å². The van der Waals surface area contributed by atoms with E-state index in [4.69, 9.17) is 5.73 Å². The molecule has 1 fully saturated rings. The lowest BCUT2D eigenvalue weighted by molar-refractivity contribution is -0.181. The third-order valence-corrected chi connectivity index (χ3v) is 5.56. The molecule has 160 valence electrons. The highest BCUT2D eigenvalue weighted by Gasteiger charge is 2.43. The first kappa shape index (κ1) is 22.0. The van der Waals surface area contributed by atoms with Crippen molar-refractivity contribution >= 4 is 11.8 Å². The average molecular weight is 412 g/mol. The van der Waals surface area contributed by atoms with Crippen molar-refractivity contribution in [1.82, 2.24) is 10.0 Å². The third kappa shape index (κ3) is 4.54. The first-order valence-electron chi connectivity index (χ1n) is 10.3. The van der Waals surface area contributed by atoms with Gasteiger partial charge in [-0.2, -0.15) is 0 Å². The zero-order valence-electron chi connectivity index (χ0n) is 18.0. The van der Waals surface area contributed by atoms with Crippen LogP contribution < -0.4 is 5.73 Å². The van der Waals surface area contributed by atoms with Crippen molar-refractivity contribution in [3.63, 3.8) is 0 Å². The van der Waals surface area contributed by atoms with Crippen LogP contribution in [0.15, 0.2) is 54.6 Å². The van der Waals surface area contributed by atoms with Gasteiger partial charge in [0.25, 0.3) is 5.91 Å². The normalized spacial score (nSPS) is 22.5. The van der Waals surface area contributed by atoms with Gasteiger partial charge in [-0.15, -0.1) is 0 Å². The van der Waals surface area contributed by atoms with Crippen molar-refractivity contribution in [3.05, 3.63) is 71.5 Å². The number of hydrogen-bond acceptors (Lipinski definition) is 3. The van der Waals surface area contributed by atoms with E-state index in [1.54, 1.807) is 12.1 Å². The largest absolute Gasteiger partial charge is 0.320 e. The summed E-state index contributed by atoms with van der Waals surface area (Å²) in [6.45, 7) is 7.10. The number of carbonyl (C=O) groups is 2. The number of nitrogens with zero attached hydrogens (tertiary/aromatic N) is 2. The van der Waals surface area contributed by atoms with Crippen LogP contribution in [0, 0.1) is 5.82 Å². The molecule has 1 heterocycles. The van der Waals surface area contributed by atoms with E-state index in [1.165, 1.54) is 29.1 Å². The smallest absolute Gasteiger partial charge is 0.258 e. The second-order valence-corrected chi connectivity index (χ2v) is 8.94. The first-order valence-corrected chi connectivity index (χ1v) is 10.3. The van der Waals surface area contributed by atoms with Gasteiger partial charge in [-0.05, 0) is 62.8 Å². The molecule has 1 aliphatic rings. The maximum Gasteiger partial charge on any atom is 0.258 e. The van der Waals surface area contributed by atoms with Crippen molar-refractivity contribution in [2.45, 2.75) is 64.1 Å². The van der Waals surface area contributed by atoms with Gasteiger partial charge in [0.15, 0.2) is 0 Å². The molecule has 0 aliphatic carbocycles. The van der Waals surface area contributed by atoms with Crippen LogP contribution in [0.3, 0.4) is 0 Å². The average Bonchev–Trinajstić information content (AvgIpc) is 2.80. The number of rotatable bonds is 3. The molecule has 1 aliphatic heterocycles. The van der Waals surface area contributed by atoms with E-state index in [0.29, 0.717) is 12.8 Å². The Hall–Kier alpha value is -2.73. The highest BCUT2D eigenvalue weighted by atomic mass is 19.1. The predicted octanol–water partition coefficient (Wildman–Crippen LogP) is 4.16.